The zero-order valence-corrected chi connectivity index (χ0v) is 15.1. The Morgan fingerprint density at radius 3 is 2.60 bits per heavy atom. The molecular weight excluding hydrogens is 356 g/mol. The standard InChI is InChI=1S/C18H16N2O3S2/c1-25(22,23)12-13-6-5-9-15(10-13)17(21)20-18-19-16(11-24-18)14-7-3-2-4-8-14/h2-11H,12H2,1H3,(H,19,20,21). The number of carbonyl (C=O) groups excluding carboxylic acids is 1. The van der Waals surface area contributed by atoms with Gasteiger partial charge in [0, 0.05) is 22.8 Å². The molecule has 0 aliphatic carbocycles. The molecule has 25 heavy (non-hydrogen) atoms. The van der Waals surface area contributed by atoms with Crippen LogP contribution in [-0.2, 0) is 15.6 Å². The van der Waals surface area contributed by atoms with Crippen LogP contribution in [0, 0.1) is 0 Å². The second kappa shape index (κ2) is 7.16. The van der Waals surface area contributed by atoms with E-state index in [-0.39, 0.29) is 11.7 Å². The van der Waals surface area contributed by atoms with Gasteiger partial charge in [-0.15, -0.1) is 11.3 Å². The molecule has 3 rings (SSSR count). The minimum Gasteiger partial charge on any atom is -0.298 e. The van der Waals surface area contributed by atoms with E-state index < -0.39 is 9.84 Å². The number of amides is 1. The molecule has 0 fully saturated rings. The number of anilines is 1. The third kappa shape index (κ3) is 4.74. The van der Waals surface area contributed by atoms with Crippen LogP contribution in [0.15, 0.2) is 60.0 Å². The van der Waals surface area contributed by atoms with Crippen molar-refractivity contribution in [3.8, 4) is 11.3 Å². The van der Waals surface area contributed by atoms with Gasteiger partial charge in [0.05, 0.1) is 11.4 Å². The second-order valence-electron chi connectivity index (χ2n) is 5.63. The highest BCUT2D eigenvalue weighted by Gasteiger charge is 2.12. The zero-order valence-electron chi connectivity index (χ0n) is 13.5. The Bertz CT molecular complexity index is 996. The fraction of sp³-hybridized carbons (Fsp3) is 0.111. The number of sulfone groups is 1. The molecule has 0 unspecified atom stereocenters. The number of hydrogen-bond donors (Lipinski definition) is 1. The Labute approximate surface area is 150 Å². The first-order chi connectivity index (χ1) is 11.9. The highest BCUT2D eigenvalue weighted by Crippen LogP contribution is 2.25. The van der Waals surface area contributed by atoms with E-state index >= 15 is 0 Å². The molecular formula is C18H16N2O3S2. The van der Waals surface area contributed by atoms with Crippen LogP contribution in [-0.4, -0.2) is 25.6 Å². The SMILES string of the molecule is CS(=O)(=O)Cc1cccc(C(=O)Nc2nc(-c3ccccc3)cs2)c1. The van der Waals surface area contributed by atoms with Gasteiger partial charge in [-0.3, -0.25) is 10.1 Å². The predicted octanol–water partition coefficient (Wildman–Crippen LogP) is 3.61. The molecule has 2 aromatic carbocycles. The summed E-state index contributed by atoms with van der Waals surface area (Å²) in [5.74, 6) is -0.409. The molecule has 7 heteroatoms. The summed E-state index contributed by atoms with van der Waals surface area (Å²) in [5, 5.41) is 5.13. The molecule has 0 aliphatic rings. The Hall–Kier alpha value is -2.51. The van der Waals surface area contributed by atoms with Crippen molar-refractivity contribution in [2.45, 2.75) is 5.75 Å². The van der Waals surface area contributed by atoms with Crippen molar-refractivity contribution in [2.75, 3.05) is 11.6 Å². The third-order valence-corrected chi connectivity index (χ3v) is 5.03. The van der Waals surface area contributed by atoms with Gasteiger partial charge >= 0.3 is 0 Å². The average molecular weight is 372 g/mol. The van der Waals surface area contributed by atoms with Crippen LogP contribution in [0.5, 0.6) is 0 Å². The molecule has 1 aromatic heterocycles. The minimum absolute atomic E-state index is 0.0937. The molecule has 1 amide bonds. The maximum Gasteiger partial charge on any atom is 0.257 e. The van der Waals surface area contributed by atoms with Gasteiger partial charge < -0.3 is 0 Å². The summed E-state index contributed by atoms with van der Waals surface area (Å²) in [7, 11) is -3.15. The van der Waals surface area contributed by atoms with Gasteiger partial charge in [-0.25, -0.2) is 13.4 Å². The summed E-state index contributed by atoms with van der Waals surface area (Å²) in [6.07, 6.45) is 1.17. The molecule has 0 saturated heterocycles. The van der Waals surface area contributed by atoms with Crippen molar-refractivity contribution in [3.63, 3.8) is 0 Å². The number of rotatable bonds is 5. The first-order valence-electron chi connectivity index (χ1n) is 7.50. The molecule has 5 nitrogen and oxygen atoms in total. The van der Waals surface area contributed by atoms with Crippen molar-refractivity contribution in [3.05, 3.63) is 71.1 Å². The maximum atomic E-state index is 12.4. The van der Waals surface area contributed by atoms with Crippen molar-refractivity contribution in [2.24, 2.45) is 0 Å². The highest BCUT2D eigenvalue weighted by atomic mass is 32.2. The Morgan fingerprint density at radius 1 is 1.12 bits per heavy atom. The normalized spacial score (nSPS) is 11.2. The summed E-state index contributed by atoms with van der Waals surface area (Å²) < 4.78 is 22.8. The average Bonchev–Trinajstić information content (AvgIpc) is 3.03. The van der Waals surface area contributed by atoms with Crippen LogP contribution in [0.4, 0.5) is 5.13 Å². The number of carbonyl (C=O) groups is 1. The molecule has 3 aromatic rings. The van der Waals surface area contributed by atoms with E-state index in [9.17, 15) is 13.2 Å². The minimum atomic E-state index is -3.15. The Balaban J connectivity index is 1.75. The van der Waals surface area contributed by atoms with Crippen molar-refractivity contribution >= 4 is 32.2 Å². The number of nitrogens with one attached hydrogen (secondary N) is 1. The van der Waals surface area contributed by atoms with Crippen LogP contribution in [0.25, 0.3) is 11.3 Å². The summed E-state index contributed by atoms with van der Waals surface area (Å²) in [4.78, 5) is 16.8. The molecule has 0 spiro atoms. The van der Waals surface area contributed by atoms with E-state index in [1.54, 1.807) is 24.3 Å². The summed E-state index contributed by atoms with van der Waals surface area (Å²) >= 11 is 1.34. The fourth-order valence-corrected chi connectivity index (χ4v) is 3.85. The van der Waals surface area contributed by atoms with Crippen molar-refractivity contribution in [1.29, 1.82) is 0 Å². The second-order valence-corrected chi connectivity index (χ2v) is 8.63. The van der Waals surface area contributed by atoms with Gasteiger partial charge in [0.2, 0.25) is 0 Å². The largest absolute Gasteiger partial charge is 0.298 e. The molecule has 0 saturated carbocycles. The van der Waals surface area contributed by atoms with E-state index in [1.807, 2.05) is 35.7 Å². The fourth-order valence-electron chi connectivity index (χ4n) is 2.35. The molecule has 0 aliphatic heterocycles. The molecule has 128 valence electrons. The van der Waals surface area contributed by atoms with Gasteiger partial charge in [-0.05, 0) is 17.7 Å². The van der Waals surface area contributed by atoms with Gasteiger partial charge in [0.1, 0.15) is 0 Å². The van der Waals surface area contributed by atoms with Crippen LogP contribution < -0.4 is 5.32 Å². The van der Waals surface area contributed by atoms with Crippen LogP contribution in [0.3, 0.4) is 0 Å². The monoisotopic (exact) mass is 372 g/mol. The van der Waals surface area contributed by atoms with E-state index in [0.29, 0.717) is 16.3 Å². The van der Waals surface area contributed by atoms with Crippen LogP contribution in [0.2, 0.25) is 0 Å². The Morgan fingerprint density at radius 2 is 1.88 bits per heavy atom. The van der Waals surface area contributed by atoms with Gasteiger partial charge in [-0.1, -0.05) is 42.5 Å². The summed E-state index contributed by atoms with van der Waals surface area (Å²) in [5.41, 5.74) is 2.76. The third-order valence-electron chi connectivity index (χ3n) is 3.41. The first kappa shape index (κ1) is 17.3. The molecule has 0 atom stereocenters. The van der Waals surface area contributed by atoms with Gasteiger partial charge in [-0.2, -0.15) is 0 Å². The summed E-state index contributed by atoms with van der Waals surface area (Å²) in [6, 6.07) is 16.3. The predicted molar refractivity (Wildman–Crippen MR) is 100 cm³/mol. The molecule has 1 heterocycles. The smallest absolute Gasteiger partial charge is 0.257 e. The lowest BCUT2D eigenvalue weighted by molar-refractivity contribution is 0.102. The van der Waals surface area contributed by atoms with Crippen LogP contribution in [0.1, 0.15) is 15.9 Å². The lowest BCUT2D eigenvalue weighted by Gasteiger charge is -2.04. The molecule has 0 bridgehead atoms. The van der Waals surface area contributed by atoms with Gasteiger partial charge in [0.15, 0.2) is 15.0 Å². The molecule has 1 N–H and O–H groups in total. The number of hydrogen-bond acceptors (Lipinski definition) is 5. The number of nitrogens with zero attached hydrogens (tertiary/aromatic N) is 1. The number of thiazole rings is 1. The zero-order chi connectivity index (χ0) is 17.9. The number of benzene rings is 2. The van der Waals surface area contributed by atoms with Gasteiger partial charge in [0.25, 0.3) is 5.91 Å². The first-order valence-corrected chi connectivity index (χ1v) is 10.4. The topological polar surface area (TPSA) is 76.1 Å². The lowest BCUT2D eigenvalue weighted by Crippen LogP contribution is -2.12. The molecule has 0 radical (unpaired) electrons. The van der Waals surface area contributed by atoms with Crippen molar-refractivity contribution < 1.29 is 13.2 Å². The van der Waals surface area contributed by atoms with E-state index in [4.69, 9.17) is 0 Å². The van der Waals surface area contributed by atoms with E-state index in [0.717, 1.165) is 11.3 Å². The Kier molecular flexibility index (Phi) is 4.96. The quantitative estimate of drug-likeness (QED) is 0.742. The highest BCUT2D eigenvalue weighted by molar-refractivity contribution is 7.89. The van der Waals surface area contributed by atoms with E-state index in [1.165, 1.54) is 17.6 Å². The summed E-state index contributed by atoms with van der Waals surface area (Å²) in [6.45, 7) is 0. The van der Waals surface area contributed by atoms with E-state index in [2.05, 4.69) is 10.3 Å². The lowest BCUT2D eigenvalue weighted by atomic mass is 10.1. The number of aromatic nitrogens is 1. The van der Waals surface area contributed by atoms with Crippen LogP contribution >= 0.6 is 11.3 Å². The maximum absolute atomic E-state index is 12.4. The van der Waals surface area contributed by atoms with Crippen molar-refractivity contribution in [1.82, 2.24) is 4.98 Å².